The van der Waals surface area contributed by atoms with Crippen LogP contribution >= 0.6 is 0 Å². The van der Waals surface area contributed by atoms with Crippen LogP contribution in [0.2, 0.25) is 0 Å². The summed E-state index contributed by atoms with van der Waals surface area (Å²) in [5.74, 6) is -0.557. The van der Waals surface area contributed by atoms with Gasteiger partial charge in [-0.1, -0.05) is 6.92 Å². The molecule has 1 rings (SSSR count). The molecular formula is C9H15N5O3. The van der Waals surface area contributed by atoms with Gasteiger partial charge >= 0.3 is 12.0 Å². The van der Waals surface area contributed by atoms with E-state index in [9.17, 15) is 9.59 Å². The van der Waals surface area contributed by atoms with Gasteiger partial charge in [0.2, 0.25) is 0 Å². The summed E-state index contributed by atoms with van der Waals surface area (Å²) in [4.78, 5) is 26.1. The first kappa shape index (κ1) is 12.9. The van der Waals surface area contributed by atoms with Crippen LogP contribution in [0.1, 0.15) is 32.1 Å². The van der Waals surface area contributed by atoms with Gasteiger partial charge in [-0.15, -0.1) is 0 Å². The highest BCUT2D eigenvalue weighted by Crippen LogP contribution is 2.03. The van der Waals surface area contributed by atoms with Gasteiger partial charge < -0.3 is 15.7 Å². The van der Waals surface area contributed by atoms with E-state index in [-0.39, 0.29) is 6.04 Å². The Kier molecular flexibility index (Phi) is 4.44. The van der Waals surface area contributed by atoms with Crippen LogP contribution in [0.5, 0.6) is 0 Å². The number of carbonyl (C=O) groups excluding carboxylic acids is 1. The predicted molar refractivity (Wildman–Crippen MR) is 58.2 cm³/mol. The average Bonchev–Trinajstić information content (AvgIpc) is 2.78. The first-order valence-electron chi connectivity index (χ1n) is 5.19. The normalized spacial score (nSPS) is 13.8. The van der Waals surface area contributed by atoms with Crippen molar-refractivity contribution in [2.45, 2.75) is 32.4 Å². The van der Waals surface area contributed by atoms with E-state index < -0.39 is 18.0 Å². The van der Waals surface area contributed by atoms with E-state index in [1.165, 1.54) is 6.33 Å². The van der Waals surface area contributed by atoms with Gasteiger partial charge in [0.1, 0.15) is 18.2 Å². The molecule has 0 saturated carbocycles. The molecule has 1 unspecified atom stereocenters. The monoisotopic (exact) mass is 241 g/mol. The Morgan fingerprint density at radius 1 is 1.53 bits per heavy atom. The third kappa shape index (κ3) is 3.74. The zero-order valence-electron chi connectivity index (χ0n) is 9.60. The molecule has 17 heavy (non-hydrogen) atoms. The Bertz CT molecular complexity index is 378. The van der Waals surface area contributed by atoms with Crippen molar-refractivity contribution >= 4 is 12.0 Å². The van der Waals surface area contributed by atoms with Gasteiger partial charge in [-0.25, -0.2) is 14.6 Å². The largest absolute Gasteiger partial charge is 0.480 e. The van der Waals surface area contributed by atoms with Crippen molar-refractivity contribution in [3.05, 3.63) is 12.2 Å². The smallest absolute Gasteiger partial charge is 0.326 e. The summed E-state index contributed by atoms with van der Waals surface area (Å²) in [5.41, 5.74) is 0. The first-order valence-corrected chi connectivity index (χ1v) is 5.19. The molecule has 0 saturated heterocycles. The number of H-pyrrole nitrogens is 1. The summed E-state index contributed by atoms with van der Waals surface area (Å²) in [6.07, 6.45) is 1.65. The van der Waals surface area contributed by atoms with E-state index in [1.54, 1.807) is 13.8 Å². The van der Waals surface area contributed by atoms with Crippen molar-refractivity contribution in [1.29, 1.82) is 0 Å². The summed E-state index contributed by atoms with van der Waals surface area (Å²) < 4.78 is 0. The number of urea groups is 1. The fraction of sp³-hybridized carbons (Fsp3) is 0.556. The maximum absolute atomic E-state index is 11.5. The summed E-state index contributed by atoms with van der Waals surface area (Å²) in [5, 5.41) is 19.9. The number of aliphatic carboxylic acids is 1. The molecule has 0 aliphatic heterocycles. The molecule has 8 nitrogen and oxygen atoms in total. The lowest BCUT2D eigenvalue weighted by molar-refractivity contribution is -0.139. The van der Waals surface area contributed by atoms with Crippen LogP contribution in [0.4, 0.5) is 4.79 Å². The standard InChI is InChI=1S/C9H15N5O3/c1-3-6(8(15)16)13-9(17)12-5(2)7-10-4-11-14-7/h4-6H,3H2,1-2H3,(H,15,16)(H,10,11,14)(H2,12,13,17)/t5?,6-/m1/s1. The molecule has 0 aromatic carbocycles. The highest BCUT2D eigenvalue weighted by Gasteiger charge is 2.19. The lowest BCUT2D eigenvalue weighted by atomic mass is 10.2. The van der Waals surface area contributed by atoms with Crippen molar-refractivity contribution in [1.82, 2.24) is 25.8 Å². The number of hydrogen-bond acceptors (Lipinski definition) is 4. The third-order valence-electron chi connectivity index (χ3n) is 2.20. The van der Waals surface area contributed by atoms with Crippen LogP contribution in [-0.4, -0.2) is 38.3 Å². The summed E-state index contributed by atoms with van der Waals surface area (Å²) >= 11 is 0. The molecule has 2 atom stereocenters. The third-order valence-corrected chi connectivity index (χ3v) is 2.20. The number of nitrogens with one attached hydrogen (secondary N) is 3. The van der Waals surface area contributed by atoms with Crippen LogP contribution in [-0.2, 0) is 4.79 Å². The minimum absolute atomic E-state index is 0.319. The Morgan fingerprint density at radius 2 is 2.24 bits per heavy atom. The average molecular weight is 241 g/mol. The van der Waals surface area contributed by atoms with Crippen LogP contribution in [0.15, 0.2) is 6.33 Å². The van der Waals surface area contributed by atoms with Gasteiger partial charge in [-0.2, -0.15) is 5.10 Å². The Balaban J connectivity index is 2.47. The molecule has 0 bridgehead atoms. The lowest BCUT2D eigenvalue weighted by Crippen LogP contribution is -2.46. The molecule has 0 spiro atoms. The second-order valence-corrected chi connectivity index (χ2v) is 3.51. The van der Waals surface area contributed by atoms with Crippen LogP contribution < -0.4 is 10.6 Å². The molecule has 4 N–H and O–H groups in total. The molecule has 1 heterocycles. The van der Waals surface area contributed by atoms with Crippen LogP contribution in [0, 0.1) is 0 Å². The van der Waals surface area contributed by atoms with Crippen molar-refractivity contribution in [3.8, 4) is 0 Å². The van der Waals surface area contributed by atoms with Gasteiger partial charge in [0, 0.05) is 0 Å². The van der Waals surface area contributed by atoms with Crippen molar-refractivity contribution < 1.29 is 14.7 Å². The second kappa shape index (κ2) is 5.83. The zero-order chi connectivity index (χ0) is 12.8. The number of hydrogen-bond donors (Lipinski definition) is 4. The maximum atomic E-state index is 11.5. The summed E-state index contributed by atoms with van der Waals surface area (Å²) in [6, 6.07) is -1.82. The highest BCUT2D eigenvalue weighted by molar-refractivity contribution is 5.82. The molecule has 1 aromatic rings. The minimum atomic E-state index is -1.06. The Morgan fingerprint density at radius 3 is 2.71 bits per heavy atom. The lowest BCUT2D eigenvalue weighted by Gasteiger charge is -2.15. The molecule has 2 amide bonds. The topological polar surface area (TPSA) is 120 Å². The molecule has 0 fully saturated rings. The van der Waals surface area contributed by atoms with Crippen molar-refractivity contribution in [2.24, 2.45) is 0 Å². The Hall–Kier alpha value is -2.12. The number of nitrogens with zero attached hydrogens (tertiary/aromatic N) is 2. The fourth-order valence-electron chi connectivity index (χ4n) is 1.23. The zero-order valence-corrected chi connectivity index (χ0v) is 9.60. The number of carboxylic acids is 1. The predicted octanol–water partition coefficient (Wildman–Crippen LogP) is 0.0281. The van der Waals surface area contributed by atoms with Crippen molar-refractivity contribution in [3.63, 3.8) is 0 Å². The van der Waals surface area contributed by atoms with Gasteiger partial charge in [0.25, 0.3) is 0 Å². The SMILES string of the molecule is CC[C@@H](NC(=O)NC(C)c1ncn[nH]1)C(=O)O. The Labute approximate surface area is 97.8 Å². The second-order valence-electron chi connectivity index (χ2n) is 3.51. The maximum Gasteiger partial charge on any atom is 0.326 e. The van der Waals surface area contributed by atoms with E-state index in [4.69, 9.17) is 5.11 Å². The molecule has 1 aromatic heterocycles. The summed E-state index contributed by atoms with van der Waals surface area (Å²) in [6.45, 7) is 3.39. The van der Waals surface area contributed by atoms with Gasteiger partial charge in [-0.3, -0.25) is 5.10 Å². The first-order chi connectivity index (χ1) is 8.04. The number of carbonyl (C=O) groups is 2. The van der Waals surface area contributed by atoms with E-state index in [0.29, 0.717) is 12.2 Å². The quantitative estimate of drug-likeness (QED) is 0.579. The fourth-order valence-corrected chi connectivity index (χ4v) is 1.23. The molecule has 0 aliphatic rings. The van der Waals surface area contributed by atoms with Gasteiger partial charge in [0.05, 0.1) is 6.04 Å². The van der Waals surface area contributed by atoms with Gasteiger partial charge in [0.15, 0.2) is 0 Å². The minimum Gasteiger partial charge on any atom is -0.480 e. The molecule has 8 heteroatoms. The van der Waals surface area contributed by atoms with E-state index >= 15 is 0 Å². The molecule has 0 aliphatic carbocycles. The highest BCUT2D eigenvalue weighted by atomic mass is 16.4. The number of aromatic nitrogens is 3. The van der Waals surface area contributed by atoms with Gasteiger partial charge in [-0.05, 0) is 13.3 Å². The number of rotatable bonds is 5. The van der Waals surface area contributed by atoms with Crippen LogP contribution in [0.3, 0.4) is 0 Å². The van der Waals surface area contributed by atoms with E-state index in [2.05, 4.69) is 25.8 Å². The number of carboxylic acid groups (broad SMARTS) is 1. The van der Waals surface area contributed by atoms with E-state index in [0.717, 1.165) is 0 Å². The molecule has 0 radical (unpaired) electrons. The number of amides is 2. The van der Waals surface area contributed by atoms with Crippen molar-refractivity contribution in [2.75, 3.05) is 0 Å². The summed E-state index contributed by atoms with van der Waals surface area (Å²) in [7, 11) is 0. The molecular weight excluding hydrogens is 226 g/mol. The van der Waals surface area contributed by atoms with E-state index in [1.807, 2.05) is 0 Å². The van der Waals surface area contributed by atoms with Crippen LogP contribution in [0.25, 0.3) is 0 Å². The number of aromatic amines is 1. The molecule has 94 valence electrons.